The van der Waals surface area contributed by atoms with Gasteiger partial charge >= 0.3 is 0 Å². The summed E-state index contributed by atoms with van der Waals surface area (Å²) in [4.78, 5) is 8.93. The smallest absolute Gasteiger partial charge is 0.166 e. The Morgan fingerprint density at radius 3 is 2.71 bits per heavy atom. The molecular weight excluding hydrogens is 449 g/mol. The van der Waals surface area contributed by atoms with Crippen LogP contribution in [0.4, 0.5) is 4.39 Å². The predicted molar refractivity (Wildman–Crippen MR) is 128 cm³/mol. The van der Waals surface area contributed by atoms with Gasteiger partial charge in [0.15, 0.2) is 11.6 Å². The fourth-order valence-corrected chi connectivity index (χ4v) is 3.53. The van der Waals surface area contributed by atoms with Crippen molar-refractivity contribution in [1.82, 2.24) is 25.0 Å². The second kappa shape index (κ2) is 10.3. The Bertz CT molecular complexity index is 1440. The van der Waals surface area contributed by atoms with E-state index in [2.05, 4.69) is 20.3 Å². The van der Waals surface area contributed by atoms with Crippen molar-refractivity contribution in [3.8, 4) is 28.6 Å². The largest absolute Gasteiger partial charge is 0.505 e. The molecule has 35 heavy (non-hydrogen) atoms. The minimum absolute atomic E-state index is 0.415. The minimum Gasteiger partial charge on any atom is -0.505 e. The summed E-state index contributed by atoms with van der Waals surface area (Å²) >= 11 is 0. The molecule has 0 aliphatic rings. The lowest BCUT2D eigenvalue weighted by Gasteiger charge is -2.08. The molecule has 2 aromatic carbocycles. The number of rotatable bonds is 9. The number of hydrogen-bond acceptors (Lipinski definition) is 7. The Hall–Kier alpha value is -4.37. The molecule has 0 bridgehead atoms. The quantitative estimate of drug-likeness (QED) is 0.319. The molecule has 0 spiro atoms. The second-order valence-electron chi connectivity index (χ2n) is 7.77. The third-order valence-electron chi connectivity index (χ3n) is 5.34. The van der Waals surface area contributed by atoms with E-state index >= 15 is 0 Å². The number of pyridine rings is 2. The number of halogens is 1. The summed E-state index contributed by atoms with van der Waals surface area (Å²) in [5, 5.41) is 18.5. The number of phenolic OH excluding ortho intramolecular Hbond substituents is 1. The Labute approximate surface area is 200 Å². The summed E-state index contributed by atoms with van der Waals surface area (Å²) in [5.74, 6) is -0.403. The average Bonchev–Trinajstić information content (AvgIpc) is 3.38. The van der Waals surface area contributed by atoms with Gasteiger partial charge in [-0.2, -0.15) is 0 Å². The highest BCUT2D eigenvalue weighted by Crippen LogP contribution is 2.24. The number of phenols is 1. The van der Waals surface area contributed by atoms with Crippen LogP contribution in [-0.4, -0.2) is 49.9 Å². The van der Waals surface area contributed by atoms with Gasteiger partial charge in [0, 0.05) is 29.8 Å². The van der Waals surface area contributed by atoms with Crippen LogP contribution >= 0.6 is 0 Å². The number of aromatic nitrogens is 5. The lowest BCUT2D eigenvalue weighted by molar-refractivity contribution is 0.102. The number of fused-ring (bicyclic) bond motifs is 1. The van der Waals surface area contributed by atoms with Crippen LogP contribution in [0.25, 0.3) is 28.0 Å². The summed E-state index contributed by atoms with van der Waals surface area (Å²) in [5.41, 5.74) is 3.42. The van der Waals surface area contributed by atoms with Crippen LogP contribution in [0, 0.1) is 5.82 Å². The zero-order chi connectivity index (χ0) is 24.0. The molecule has 3 heterocycles. The maximum atomic E-state index is 13.7. The van der Waals surface area contributed by atoms with Gasteiger partial charge in [-0.1, -0.05) is 17.3 Å². The summed E-state index contributed by atoms with van der Waals surface area (Å²) in [6.45, 7) is 1.53. The van der Waals surface area contributed by atoms with Gasteiger partial charge in [0.05, 0.1) is 36.3 Å². The summed E-state index contributed by atoms with van der Waals surface area (Å²) in [6.07, 6.45) is 4.20. The van der Waals surface area contributed by atoms with Crippen molar-refractivity contribution in [1.29, 1.82) is 0 Å². The van der Waals surface area contributed by atoms with Crippen molar-refractivity contribution in [3.05, 3.63) is 90.6 Å². The van der Waals surface area contributed by atoms with Gasteiger partial charge in [-0.05, 0) is 48.5 Å². The molecule has 0 atom stereocenters. The fourth-order valence-electron chi connectivity index (χ4n) is 3.53. The monoisotopic (exact) mass is 471 g/mol. The summed E-state index contributed by atoms with van der Waals surface area (Å²) in [6, 6.07) is 19.3. The Morgan fingerprint density at radius 1 is 0.914 bits per heavy atom. The van der Waals surface area contributed by atoms with Gasteiger partial charge in [0.2, 0.25) is 0 Å². The van der Waals surface area contributed by atoms with Crippen LogP contribution in [0.1, 0.15) is 5.69 Å². The van der Waals surface area contributed by atoms with Crippen molar-refractivity contribution in [3.63, 3.8) is 0 Å². The Morgan fingerprint density at radius 2 is 1.86 bits per heavy atom. The molecule has 1 N–H and O–H groups in total. The first kappa shape index (κ1) is 22.4. The maximum Gasteiger partial charge on any atom is 0.166 e. The summed E-state index contributed by atoms with van der Waals surface area (Å²) < 4.78 is 26.5. The van der Waals surface area contributed by atoms with Crippen LogP contribution in [0.15, 0.2) is 79.1 Å². The van der Waals surface area contributed by atoms with Crippen molar-refractivity contribution in [2.75, 3.05) is 19.8 Å². The van der Waals surface area contributed by atoms with Crippen LogP contribution < -0.4 is 4.74 Å². The number of aromatic hydroxyl groups is 1. The summed E-state index contributed by atoms with van der Waals surface area (Å²) in [7, 11) is 0. The molecule has 0 amide bonds. The lowest BCUT2D eigenvalue weighted by atomic mass is 10.2. The molecule has 0 saturated heterocycles. The highest BCUT2D eigenvalue weighted by atomic mass is 19.1. The third kappa shape index (κ3) is 5.42. The molecule has 0 unspecified atom stereocenters. The van der Waals surface area contributed by atoms with Gasteiger partial charge in [-0.3, -0.25) is 4.98 Å². The molecule has 176 valence electrons. The molecule has 0 aliphatic heterocycles. The van der Waals surface area contributed by atoms with Crippen LogP contribution in [0.3, 0.4) is 0 Å². The van der Waals surface area contributed by atoms with Gasteiger partial charge in [0.1, 0.15) is 18.1 Å². The van der Waals surface area contributed by atoms with Gasteiger partial charge in [0.25, 0.3) is 0 Å². The normalized spacial score (nSPS) is 11.1. The lowest BCUT2D eigenvalue weighted by Crippen LogP contribution is -2.09. The standard InChI is InChI=1S/C26H22FN5O3/c27-22-16-20(5-9-26(22)33)32-17-25(30-31-32)24-7-4-18-15-21(6-8-23(18)29-24)35-14-13-34-12-10-19-3-1-2-11-28-19/h1-9,11,15-17,33H,10,12-14H2. The molecule has 5 aromatic rings. The molecule has 0 fully saturated rings. The van der Waals surface area contributed by atoms with Crippen LogP contribution in [-0.2, 0) is 11.2 Å². The molecule has 3 aromatic heterocycles. The van der Waals surface area contributed by atoms with E-state index in [1.807, 2.05) is 48.5 Å². The van der Waals surface area contributed by atoms with Crippen molar-refractivity contribution in [2.45, 2.75) is 6.42 Å². The third-order valence-corrected chi connectivity index (χ3v) is 5.34. The van der Waals surface area contributed by atoms with E-state index in [4.69, 9.17) is 9.47 Å². The highest BCUT2D eigenvalue weighted by molar-refractivity contribution is 5.82. The van der Waals surface area contributed by atoms with Crippen LogP contribution in [0.5, 0.6) is 11.5 Å². The first-order chi connectivity index (χ1) is 17.2. The van der Waals surface area contributed by atoms with E-state index in [1.54, 1.807) is 18.5 Å². The van der Waals surface area contributed by atoms with E-state index in [0.29, 0.717) is 36.9 Å². The van der Waals surface area contributed by atoms with Gasteiger partial charge in [-0.25, -0.2) is 14.1 Å². The molecule has 9 heteroatoms. The number of ether oxygens (including phenoxy) is 2. The van der Waals surface area contributed by atoms with E-state index in [0.717, 1.165) is 28.8 Å². The zero-order valence-electron chi connectivity index (χ0n) is 18.7. The first-order valence-corrected chi connectivity index (χ1v) is 11.1. The Balaban J connectivity index is 1.18. The molecular formula is C26H22FN5O3. The number of nitrogens with zero attached hydrogens (tertiary/aromatic N) is 5. The molecule has 5 rings (SSSR count). The van der Waals surface area contributed by atoms with Crippen LogP contribution in [0.2, 0.25) is 0 Å². The number of benzene rings is 2. The molecule has 0 radical (unpaired) electrons. The minimum atomic E-state index is -0.725. The van der Waals surface area contributed by atoms with Crippen molar-refractivity contribution >= 4 is 10.9 Å². The average molecular weight is 471 g/mol. The van der Waals surface area contributed by atoms with Crippen molar-refractivity contribution in [2.24, 2.45) is 0 Å². The number of hydrogen-bond donors (Lipinski definition) is 1. The van der Waals surface area contributed by atoms with Crippen molar-refractivity contribution < 1.29 is 19.0 Å². The fraction of sp³-hybridized carbons (Fsp3) is 0.154. The first-order valence-electron chi connectivity index (χ1n) is 11.1. The maximum absolute atomic E-state index is 13.7. The highest BCUT2D eigenvalue weighted by Gasteiger charge is 2.10. The zero-order valence-corrected chi connectivity index (χ0v) is 18.7. The molecule has 0 saturated carbocycles. The Kier molecular flexibility index (Phi) is 6.58. The van der Waals surface area contributed by atoms with E-state index < -0.39 is 11.6 Å². The van der Waals surface area contributed by atoms with E-state index in [9.17, 15) is 9.50 Å². The van der Waals surface area contributed by atoms with Gasteiger partial charge < -0.3 is 14.6 Å². The predicted octanol–water partition coefficient (Wildman–Crippen LogP) is 4.36. The molecule has 0 aliphatic carbocycles. The van der Waals surface area contributed by atoms with E-state index in [1.165, 1.54) is 16.8 Å². The second-order valence-corrected chi connectivity index (χ2v) is 7.77. The van der Waals surface area contributed by atoms with Gasteiger partial charge in [-0.15, -0.1) is 5.10 Å². The van der Waals surface area contributed by atoms with E-state index in [-0.39, 0.29) is 0 Å². The topological polar surface area (TPSA) is 95.2 Å². The SMILES string of the molecule is Oc1ccc(-n2cc(-c3ccc4cc(OCCOCCc5ccccn5)ccc4n3)nn2)cc1F. The molecule has 8 nitrogen and oxygen atoms in total.